The molecule has 3 aromatic rings. The van der Waals surface area contributed by atoms with Crippen LogP contribution in [0.5, 0.6) is 0 Å². The van der Waals surface area contributed by atoms with Gasteiger partial charge >= 0.3 is 0 Å². The highest BCUT2D eigenvalue weighted by Gasteiger charge is 2.21. The van der Waals surface area contributed by atoms with Gasteiger partial charge in [0, 0.05) is 45.7 Å². The lowest BCUT2D eigenvalue weighted by atomic mass is 10.2. The number of hydrogen-bond acceptors (Lipinski definition) is 4. The van der Waals surface area contributed by atoms with Gasteiger partial charge in [0.1, 0.15) is 18.0 Å². The van der Waals surface area contributed by atoms with Crippen LogP contribution in [0.4, 0.5) is 10.1 Å². The van der Waals surface area contributed by atoms with Gasteiger partial charge in [-0.2, -0.15) is 0 Å². The molecule has 8 heteroatoms. The third-order valence-corrected chi connectivity index (χ3v) is 5.67. The second-order valence-corrected chi connectivity index (χ2v) is 7.77. The van der Waals surface area contributed by atoms with E-state index in [-0.39, 0.29) is 5.82 Å². The number of guanidine groups is 1. The number of aliphatic imine (C=N–C) groups is 1. The van der Waals surface area contributed by atoms with Crippen molar-refractivity contribution < 1.29 is 4.39 Å². The lowest BCUT2D eigenvalue weighted by Crippen LogP contribution is -2.53. The average molecular weight is 436 g/mol. The first-order valence-electron chi connectivity index (χ1n) is 11.2. The van der Waals surface area contributed by atoms with Crippen LogP contribution in [0.3, 0.4) is 0 Å². The van der Waals surface area contributed by atoms with Crippen LogP contribution >= 0.6 is 0 Å². The number of anilines is 1. The average Bonchev–Trinajstić information content (AvgIpc) is 3.30. The fourth-order valence-corrected chi connectivity index (χ4v) is 3.91. The molecule has 1 fully saturated rings. The topological polar surface area (TPSA) is 61.6 Å². The third kappa shape index (κ3) is 5.43. The van der Waals surface area contributed by atoms with E-state index in [1.54, 1.807) is 12.4 Å². The van der Waals surface area contributed by atoms with Crippen LogP contribution in [0, 0.1) is 5.82 Å². The Hall–Kier alpha value is -3.42. The molecule has 0 saturated carbocycles. The van der Waals surface area contributed by atoms with Gasteiger partial charge < -0.3 is 19.7 Å². The molecule has 0 spiro atoms. The van der Waals surface area contributed by atoms with Gasteiger partial charge in [-0.15, -0.1) is 10.2 Å². The van der Waals surface area contributed by atoms with Crippen molar-refractivity contribution >= 4 is 11.6 Å². The molecular formula is C24H30FN7. The molecule has 0 aliphatic carbocycles. The van der Waals surface area contributed by atoms with E-state index in [1.807, 2.05) is 30.3 Å². The SMILES string of the molecule is CCc1nncn1CCNC(=NCc1ccccc1)N1CCN(c2ccccc2F)CC1. The Morgan fingerprint density at radius 2 is 1.78 bits per heavy atom. The van der Waals surface area contributed by atoms with Crippen LogP contribution in [0.15, 0.2) is 65.9 Å². The van der Waals surface area contributed by atoms with Gasteiger partial charge in [0.2, 0.25) is 0 Å². The maximum atomic E-state index is 14.2. The van der Waals surface area contributed by atoms with Crippen molar-refractivity contribution in [1.82, 2.24) is 25.0 Å². The summed E-state index contributed by atoms with van der Waals surface area (Å²) in [5.74, 6) is 1.69. The lowest BCUT2D eigenvalue weighted by Gasteiger charge is -2.38. The molecule has 7 nitrogen and oxygen atoms in total. The fourth-order valence-electron chi connectivity index (χ4n) is 3.91. The van der Waals surface area contributed by atoms with E-state index >= 15 is 0 Å². The van der Waals surface area contributed by atoms with E-state index in [1.165, 1.54) is 11.6 Å². The summed E-state index contributed by atoms with van der Waals surface area (Å²) in [4.78, 5) is 9.25. The predicted molar refractivity (Wildman–Crippen MR) is 125 cm³/mol. The van der Waals surface area contributed by atoms with Gasteiger partial charge in [-0.3, -0.25) is 0 Å². The molecule has 168 valence electrons. The zero-order valence-corrected chi connectivity index (χ0v) is 18.5. The maximum Gasteiger partial charge on any atom is 0.194 e. The van der Waals surface area contributed by atoms with Crippen molar-refractivity contribution in [2.45, 2.75) is 26.4 Å². The molecule has 1 aliphatic heterocycles. The summed E-state index contributed by atoms with van der Waals surface area (Å²) in [6.45, 7) is 7.25. The summed E-state index contributed by atoms with van der Waals surface area (Å²) in [5, 5.41) is 11.7. The first-order valence-corrected chi connectivity index (χ1v) is 11.2. The van der Waals surface area contributed by atoms with E-state index in [0.29, 0.717) is 12.2 Å². The Morgan fingerprint density at radius 3 is 2.53 bits per heavy atom. The number of halogens is 1. The molecular weight excluding hydrogens is 405 g/mol. The van der Waals surface area contributed by atoms with Crippen LogP contribution in [0.2, 0.25) is 0 Å². The molecule has 0 atom stereocenters. The number of nitrogens with one attached hydrogen (secondary N) is 1. The van der Waals surface area contributed by atoms with Crippen molar-refractivity contribution in [1.29, 1.82) is 0 Å². The third-order valence-electron chi connectivity index (χ3n) is 5.67. The van der Waals surface area contributed by atoms with Crippen molar-refractivity contribution in [2.24, 2.45) is 4.99 Å². The van der Waals surface area contributed by atoms with Gasteiger partial charge in [-0.05, 0) is 17.7 Å². The van der Waals surface area contributed by atoms with Crippen LogP contribution < -0.4 is 10.2 Å². The van der Waals surface area contributed by atoms with Gasteiger partial charge in [-0.25, -0.2) is 9.38 Å². The number of hydrogen-bond donors (Lipinski definition) is 1. The van der Waals surface area contributed by atoms with Crippen LogP contribution in [-0.4, -0.2) is 58.3 Å². The molecule has 0 unspecified atom stereocenters. The Bertz CT molecular complexity index is 1010. The second-order valence-electron chi connectivity index (χ2n) is 7.77. The van der Waals surface area contributed by atoms with E-state index in [2.05, 4.69) is 48.9 Å². The minimum absolute atomic E-state index is 0.169. The van der Waals surface area contributed by atoms with Crippen molar-refractivity contribution in [2.75, 3.05) is 37.6 Å². The number of para-hydroxylation sites is 1. The quantitative estimate of drug-likeness (QED) is 0.457. The highest BCUT2D eigenvalue weighted by Crippen LogP contribution is 2.20. The van der Waals surface area contributed by atoms with Crippen LogP contribution in [0.1, 0.15) is 18.3 Å². The van der Waals surface area contributed by atoms with Gasteiger partial charge in [-0.1, -0.05) is 49.4 Å². The monoisotopic (exact) mass is 435 g/mol. The molecule has 1 saturated heterocycles. The molecule has 1 aromatic heterocycles. The molecule has 2 aromatic carbocycles. The summed E-state index contributed by atoms with van der Waals surface area (Å²) >= 11 is 0. The molecule has 1 N–H and O–H groups in total. The second kappa shape index (κ2) is 10.7. The molecule has 0 bridgehead atoms. The maximum absolute atomic E-state index is 14.2. The summed E-state index contributed by atoms with van der Waals surface area (Å²) in [7, 11) is 0. The predicted octanol–water partition coefficient (Wildman–Crippen LogP) is 2.95. The minimum Gasteiger partial charge on any atom is -0.366 e. The number of rotatable bonds is 7. The van der Waals surface area contributed by atoms with E-state index in [4.69, 9.17) is 4.99 Å². The number of aromatic nitrogens is 3. The molecule has 0 radical (unpaired) electrons. The normalized spacial score (nSPS) is 14.6. The first kappa shape index (κ1) is 21.8. The van der Waals surface area contributed by atoms with E-state index in [9.17, 15) is 4.39 Å². The zero-order valence-electron chi connectivity index (χ0n) is 18.5. The number of nitrogens with zero attached hydrogens (tertiary/aromatic N) is 6. The standard InChI is InChI=1S/C24H30FN7/c1-2-23-29-28-19-32(23)13-12-26-24(27-18-20-8-4-3-5-9-20)31-16-14-30(15-17-31)22-11-7-6-10-21(22)25/h3-11,19H,2,12-18H2,1H3,(H,26,27). The zero-order chi connectivity index (χ0) is 22.2. The van der Waals surface area contributed by atoms with E-state index in [0.717, 1.165) is 57.5 Å². The summed E-state index contributed by atoms with van der Waals surface area (Å²) in [6, 6.07) is 17.2. The van der Waals surface area contributed by atoms with Crippen molar-refractivity contribution in [3.05, 3.63) is 78.1 Å². The Balaban J connectivity index is 1.41. The van der Waals surface area contributed by atoms with Gasteiger partial charge in [0.25, 0.3) is 0 Å². The summed E-state index contributed by atoms with van der Waals surface area (Å²) in [5.41, 5.74) is 1.84. The number of benzene rings is 2. The lowest BCUT2D eigenvalue weighted by molar-refractivity contribution is 0.369. The largest absolute Gasteiger partial charge is 0.366 e. The van der Waals surface area contributed by atoms with Crippen molar-refractivity contribution in [3.63, 3.8) is 0 Å². The Kier molecular flexibility index (Phi) is 7.32. The first-order chi connectivity index (χ1) is 15.7. The summed E-state index contributed by atoms with van der Waals surface area (Å²) < 4.78 is 16.3. The van der Waals surface area contributed by atoms with E-state index < -0.39 is 0 Å². The van der Waals surface area contributed by atoms with Gasteiger partial charge in [0.15, 0.2) is 5.96 Å². The highest BCUT2D eigenvalue weighted by atomic mass is 19.1. The summed E-state index contributed by atoms with van der Waals surface area (Å²) in [6.07, 6.45) is 2.63. The molecule has 1 aliphatic rings. The number of aryl methyl sites for hydroxylation is 1. The van der Waals surface area contributed by atoms with Crippen molar-refractivity contribution in [3.8, 4) is 0 Å². The highest BCUT2D eigenvalue weighted by molar-refractivity contribution is 5.80. The smallest absolute Gasteiger partial charge is 0.194 e. The molecule has 0 amide bonds. The molecule has 32 heavy (non-hydrogen) atoms. The minimum atomic E-state index is -0.169. The van der Waals surface area contributed by atoms with Crippen LogP contribution in [0.25, 0.3) is 0 Å². The Labute approximate surface area is 188 Å². The Morgan fingerprint density at radius 1 is 1.03 bits per heavy atom. The molecule has 2 heterocycles. The number of piperazine rings is 1. The fraction of sp³-hybridized carbons (Fsp3) is 0.375. The molecule has 4 rings (SSSR count). The van der Waals surface area contributed by atoms with Gasteiger partial charge in [0.05, 0.1) is 12.2 Å². The van der Waals surface area contributed by atoms with Crippen LogP contribution in [-0.2, 0) is 19.5 Å².